The molecular formula is C11H24N2O3S. The molecule has 1 fully saturated rings. The third-order valence-corrected chi connectivity index (χ3v) is 4.34. The molecule has 0 spiro atoms. The second-order valence-corrected chi connectivity index (χ2v) is 7.00. The molecule has 0 aliphatic carbocycles. The van der Waals surface area contributed by atoms with E-state index in [4.69, 9.17) is 4.74 Å². The molecule has 17 heavy (non-hydrogen) atoms. The molecule has 1 heterocycles. The maximum absolute atomic E-state index is 11.4. The fourth-order valence-corrected chi connectivity index (χ4v) is 3.07. The van der Waals surface area contributed by atoms with Gasteiger partial charge < -0.3 is 10.1 Å². The van der Waals surface area contributed by atoms with Crippen molar-refractivity contribution in [1.29, 1.82) is 0 Å². The van der Waals surface area contributed by atoms with Crippen LogP contribution in [0.3, 0.4) is 0 Å². The summed E-state index contributed by atoms with van der Waals surface area (Å²) in [5.41, 5.74) is -0.101. The van der Waals surface area contributed by atoms with Crippen LogP contribution in [-0.4, -0.2) is 45.5 Å². The Morgan fingerprint density at radius 2 is 2.12 bits per heavy atom. The summed E-state index contributed by atoms with van der Waals surface area (Å²) >= 11 is 0. The third-order valence-electron chi connectivity index (χ3n) is 2.87. The van der Waals surface area contributed by atoms with Gasteiger partial charge in [-0.2, -0.15) is 0 Å². The van der Waals surface area contributed by atoms with Gasteiger partial charge in [0.05, 0.1) is 11.4 Å². The topological polar surface area (TPSA) is 67.4 Å². The van der Waals surface area contributed by atoms with Crippen LogP contribution in [0, 0.1) is 0 Å². The lowest BCUT2D eigenvalue weighted by molar-refractivity contribution is -0.0625. The molecule has 102 valence electrons. The summed E-state index contributed by atoms with van der Waals surface area (Å²) in [6.07, 6.45) is 1.87. The summed E-state index contributed by atoms with van der Waals surface area (Å²) in [4.78, 5) is 0. The molecule has 1 rings (SSSR count). The molecule has 1 aliphatic rings. The average Bonchev–Trinajstić information content (AvgIpc) is 2.15. The van der Waals surface area contributed by atoms with Gasteiger partial charge in [0.1, 0.15) is 0 Å². The molecule has 0 aromatic carbocycles. The minimum absolute atomic E-state index is 0.101. The van der Waals surface area contributed by atoms with Crippen molar-refractivity contribution in [3.8, 4) is 0 Å². The van der Waals surface area contributed by atoms with E-state index in [1.54, 1.807) is 6.92 Å². The molecule has 0 saturated carbocycles. The zero-order valence-corrected chi connectivity index (χ0v) is 11.8. The van der Waals surface area contributed by atoms with Gasteiger partial charge >= 0.3 is 0 Å². The van der Waals surface area contributed by atoms with E-state index >= 15 is 0 Å². The standard InChI is InChI=1S/C11H24N2O3S/c1-4-13-17(14,15)8-6-12-10-5-7-16-11(2,3)9-10/h10,12-13H,4-9H2,1-3H3. The molecule has 1 atom stereocenters. The van der Waals surface area contributed by atoms with Crippen LogP contribution in [-0.2, 0) is 14.8 Å². The van der Waals surface area contributed by atoms with E-state index in [2.05, 4.69) is 23.9 Å². The molecule has 1 saturated heterocycles. The number of ether oxygens (including phenoxy) is 1. The predicted molar refractivity (Wildman–Crippen MR) is 68.5 cm³/mol. The minimum atomic E-state index is -3.10. The van der Waals surface area contributed by atoms with E-state index < -0.39 is 10.0 Å². The molecule has 1 aliphatic heterocycles. The van der Waals surface area contributed by atoms with Crippen molar-refractivity contribution in [2.45, 2.75) is 45.3 Å². The first-order valence-electron chi connectivity index (χ1n) is 6.19. The van der Waals surface area contributed by atoms with E-state index in [0.717, 1.165) is 19.4 Å². The Kier molecular flexibility index (Phi) is 5.37. The first kappa shape index (κ1) is 14.9. The first-order valence-corrected chi connectivity index (χ1v) is 7.84. The zero-order valence-electron chi connectivity index (χ0n) is 11.0. The fraction of sp³-hybridized carbons (Fsp3) is 1.00. The number of sulfonamides is 1. The summed E-state index contributed by atoms with van der Waals surface area (Å²) in [6.45, 7) is 7.60. The lowest BCUT2D eigenvalue weighted by Gasteiger charge is -2.35. The molecule has 2 N–H and O–H groups in total. The summed E-state index contributed by atoms with van der Waals surface area (Å²) < 4.78 is 30.9. The van der Waals surface area contributed by atoms with Crippen molar-refractivity contribution in [3.63, 3.8) is 0 Å². The van der Waals surface area contributed by atoms with Crippen LogP contribution in [0.25, 0.3) is 0 Å². The number of hydrogen-bond acceptors (Lipinski definition) is 4. The maximum atomic E-state index is 11.4. The molecule has 0 aromatic rings. The Labute approximate surface area is 104 Å². The second kappa shape index (κ2) is 6.13. The van der Waals surface area contributed by atoms with Gasteiger partial charge in [-0.05, 0) is 26.7 Å². The van der Waals surface area contributed by atoms with Crippen LogP contribution in [0.1, 0.15) is 33.6 Å². The first-order chi connectivity index (χ1) is 7.85. The number of nitrogens with one attached hydrogen (secondary N) is 2. The maximum Gasteiger partial charge on any atom is 0.212 e. The highest BCUT2D eigenvalue weighted by molar-refractivity contribution is 7.89. The van der Waals surface area contributed by atoms with E-state index in [1.165, 1.54) is 0 Å². The summed E-state index contributed by atoms with van der Waals surface area (Å²) in [5.74, 6) is 0.138. The van der Waals surface area contributed by atoms with E-state index in [0.29, 0.717) is 19.1 Å². The van der Waals surface area contributed by atoms with E-state index in [-0.39, 0.29) is 11.4 Å². The summed E-state index contributed by atoms with van der Waals surface area (Å²) in [6, 6.07) is 0.357. The Morgan fingerprint density at radius 1 is 1.41 bits per heavy atom. The summed E-state index contributed by atoms with van der Waals surface area (Å²) in [5, 5.41) is 3.29. The van der Waals surface area contributed by atoms with Crippen LogP contribution in [0.15, 0.2) is 0 Å². The van der Waals surface area contributed by atoms with Gasteiger partial charge in [-0.15, -0.1) is 0 Å². The molecule has 0 amide bonds. The van der Waals surface area contributed by atoms with E-state index in [1.807, 2.05) is 0 Å². The largest absolute Gasteiger partial charge is 0.375 e. The van der Waals surface area contributed by atoms with Crippen LogP contribution in [0.2, 0.25) is 0 Å². The third kappa shape index (κ3) is 5.81. The van der Waals surface area contributed by atoms with Gasteiger partial charge in [0.15, 0.2) is 0 Å². The summed E-state index contributed by atoms with van der Waals surface area (Å²) in [7, 11) is -3.10. The molecule has 6 heteroatoms. The zero-order chi connectivity index (χ0) is 12.9. The van der Waals surface area contributed by atoms with Crippen molar-refractivity contribution in [2.75, 3.05) is 25.4 Å². The van der Waals surface area contributed by atoms with Crippen LogP contribution < -0.4 is 10.0 Å². The number of rotatable bonds is 6. The Balaban J connectivity index is 2.27. The fourth-order valence-electron chi connectivity index (χ4n) is 2.10. The van der Waals surface area contributed by atoms with Gasteiger partial charge in [0, 0.05) is 25.7 Å². The van der Waals surface area contributed by atoms with Crippen molar-refractivity contribution < 1.29 is 13.2 Å². The smallest absolute Gasteiger partial charge is 0.212 e. The molecule has 0 radical (unpaired) electrons. The highest BCUT2D eigenvalue weighted by Crippen LogP contribution is 2.23. The Morgan fingerprint density at radius 3 is 2.71 bits per heavy atom. The quantitative estimate of drug-likeness (QED) is 0.732. The molecule has 5 nitrogen and oxygen atoms in total. The van der Waals surface area contributed by atoms with Gasteiger partial charge in [0.25, 0.3) is 0 Å². The van der Waals surface area contributed by atoms with E-state index in [9.17, 15) is 8.42 Å². The van der Waals surface area contributed by atoms with Gasteiger partial charge in [-0.3, -0.25) is 0 Å². The Bertz CT molecular complexity index is 328. The van der Waals surface area contributed by atoms with Crippen molar-refractivity contribution in [3.05, 3.63) is 0 Å². The average molecular weight is 264 g/mol. The van der Waals surface area contributed by atoms with Crippen LogP contribution in [0.4, 0.5) is 0 Å². The van der Waals surface area contributed by atoms with Crippen molar-refractivity contribution in [1.82, 2.24) is 10.0 Å². The normalized spacial score (nSPS) is 24.8. The van der Waals surface area contributed by atoms with Crippen LogP contribution >= 0.6 is 0 Å². The van der Waals surface area contributed by atoms with Gasteiger partial charge in [0.2, 0.25) is 10.0 Å². The SMILES string of the molecule is CCNS(=O)(=O)CCNC1CCOC(C)(C)C1. The molecule has 1 unspecified atom stereocenters. The van der Waals surface area contributed by atoms with Crippen LogP contribution in [0.5, 0.6) is 0 Å². The minimum Gasteiger partial charge on any atom is -0.375 e. The predicted octanol–water partition coefficient (Wildman–Crippen LogP) is 0.473. The van der Waals surface area contributed by atoms with Crippen molar-refractivity contribution in [2.24, 2.45) is 0 Å². The van der Waals surface area contributed by atoms with Crippen molar-refractivity contribution >= 4 is 10.0 Å². The molecule has 0 aromatic heterocycles. The van der Waals surface area contributed by atoms with Gasteiger partial charge in [-0.1, -0.05) is 6.92 Å². The number of hydrogen-bond donors (Lipinski definition) is 2. The second-order valence-electron chi connectivity index (χ2n) is 5.07. The van der Waals surface area contributed by atoms with Gasteiger partial charge in [-0.25, -0.2) is 13.1 Å². The Hall–Kier alpha value is -0.170. The molecular weight excluding hydrogens is 240 g/mol. The monoisotopic (exact) mass is 264 g/mol. The molecule has 0 bridgehead atoms. The lowest BCUT2D eigenvalue weighted by Crippen LogP contribution is -2.45. The lowest BCUT2D eigenvalue weighted by atomic mass is 9.94. The highest BCUT2D eigenvalue weighted by atomic mass is 32.2. The highest BCUT2D eigenvalue weighted by Gasteiger charge is 2.28.